The second-order valence-electron chi connectivity index (χ2n) is 3.70. The molecule has 0 aliphatic carbocycles. The quantitative estimate of drug-likeness (QED) is 0.703. The summed E-state index contributed by atoms with van der Waals surface area (Å²) in [4.78, 5) is 1.12. The van der Waals surface area contributed by atoms with Gasteiger partial charge in [-0.25, -0.2) is 0 Å². The Kier molecular flexibility index (Phi) is 4.00. The summed E-state index contributed by atoms with van der Waals surface area (Å²) in [6.07, 6.45) is 1.27. The minimum Gasteiger partial charge on any atom is -0.378 e. The van der Waals surface area contributed by atoms with Crippen LogP contribution >= 0.6 is 50.5 Å². The summed E-state index contributed by atoms with van der Waals surface area (Å²) in [5.41, 5.74) is 0. The molecule has 0 bridgehead atoms. The molecule has 1 aromatic rings. The average Bonchev–Trinajstić information content (AvgIpc) is 2.74. The molecule has 1 aliphatic rings. The summed E-state index contributed by atoms with van der Waals surface area (Å²) in [6.45, 7) is 2.90. The van der Waals surface area contributed by atoms with Crippen LogP contribution in [0.4, 0.5) is 0 Å². The molecule has 0 amide bonds. The van der Waals surface area contributed by atoms with Crippen LogP contribution in [0.2, 0.25) is 5.02 Å². The molecular formula is C10H11BrCl2OS. The first-order chi connectivity index (χ1) is 7.09. The molecular weight excluding hydrogens is 319 g/mol. The normalized spacial score (nSPS) is 28.3. The van der Waals surface area contributed by atoms with Crippen molar-refractivity contribution in [3.63, 3.8) is 0 Å². The number of hydrogen-bond acceptors (Lipinski definition) is 2. The van der Waals surface area contributed by atoms with E-state index in [1.54, 1.807) is 11.3 Å². The molecule has 3 atom stereocenters. The van der Waals surface area contributed by atoms with E-state index < -0.39 is 0 Å². The van der Waals surface area contributed by atoms with E-state index in [0.717, 1.165) is 26.7 Å². The third-order valence-electron chi connectivity index (χ3n) is 2.75. The molecule has 84 valence electrons. The maximum Gasteiger partial charge on any atom is 0.0887 e. The van der Waals surface area contributed by atoms with Crippen molar-refractivity contribution in [1.29, 1.82) is 0 Å². The maximum absolute atomic E-state index is 6.44. The molecule has 1 saturated heterocycles. The van der Waals surface area contributed by atoms with E-state index >= 15 is 0 Å². The SMILES string of the molecule is CC1OCCC1C(Cl)c1cc(Cl)c(Br)s1. The van der Waals surface area contributed by atoms with Crippen LogP contribution in [0.5, 0.6) is 0 Å². The van der Waals surface area contributed by atoms with Crippen molar-refractivity contribution in [1.82, 2.24) is 0 Å². The van der Waals surface area contributed by atoms with Gasteiger partial charge in [-0.15, -0.1) is 22.9 Å². The van der Waals surface area contributed by atoms with Crippen LogP contribution in [0.15, 0.2) is 9.85 Å². The van der Waals surface area contributed by atoms with Gasteiger partial charge < -0.3 is 4.74 Å². The number of alkyl halides is 1. The van der Waals surface area contributed by atoms with Gasteiger partial charge in [-0.3, -0.25) is 0 Å². The Bertz CT molecular complexity index is 336. The molecule has 0 aromatic carbocycles. The minimum absolute atomic E-state index is 0.0105. The molecule has 0 saturated carbocycles. The third kappa shape index (κ3) is 2.52. The molecule has 1 nitrogen and oxygen atoms in total. The summed E-state index contributed by atoms with van der Waals surface area (Å²) in [6, 6.07) is 1.94. The van der Waals surface area contributed by atoms with Crippen molar-refractivity contribution in [3.8, 4) is 0 Å². The van der Waals surface area contributed by atoms with E-state index in [-0.39, 0.29) is 11.5 Å². The van der Waals surface area contributed by atoms with Crippen molar-refractivity contribution in [2.75, 3.05) is 6.61 Å². The smallest absolute Gasteiger partial charge is 0.0887 e. The Morgan fingerprint density at radius 1 is 1.67 bits per heavy atom. The van der Waals surface area contributed by atoms with Crippen molar-refractivity contribution >= 4 is 50.5 Å². The molecule has 3 unspecified atom stereocenters. The van der Waals surface area contributed by atoms with Crippen LogP contribution in [-0.2, 0) is 4.74 Å². The fraction of sp³-hybridized carbons (Fsp3) is 0.600. The second-order valence-corrected chi connectivity index (χ2v) is 6.98. The number of rotatable bonds is 2. The number of hydrogen-bond donors (Lipinski definition) is 0. The first kappa shape index (κ1) is 12.2. The molecule has 0 N–H and O–H groups in total. The van der Waals surface area contributed by atoms with E-state index in [4.69, 9.17) is 27.9 Å². The molecule has 1 fully saturated rings. The zero-order chi connectivity index (χ0) is 11.0. The van der Waals surface area contributed by atoms with Crippen LogP contribution < -0.4 is 0 Å². The predicted octanol–water partition coefficient (Wildman–Crippen LogP) is 4.87. The van der Waals surface area contributed by atoms with Crippen LogP contribution in [0.25, 0.3) is 0 Å². The van der Waals surface area contributed by atoms with Gasteiger partial charge in [0.15, 0.2) is 0 Å². The molecule has 0 spiro atoms. The van der Waals surface area contributed by atoms with Gasteiger partial charge in [0.1, 0.15) is 0 Å². The summed E-state index contributed by atoms with van der Waals surface area (Å²) in [7, 11) is 0. The average molecular weight is 330 g/mol. The molecule has 2 rings (SSSR count). The minimum atomic E-state index is 0.0105. The Morgan fingerprint density at radius 3 is 2.87 bits per heavy atom. The highest BCUT2D eigenvalue weighted by molar-refractivity contribution is 9.11. The number of thiophene rings is 1. The van der Waals surface area contributed by atoms with Gasteiger partial charge in [-0.05, 0) is 35.3 Å². The molecule has 0 radical (unpaired) electrons. The maximum atomic E-state index is 6.44. The highest BCUT2D eigenvalue weighted by Gasteiger charge is 2.32. The lowest BCUT2D eigenvalue weighted by Gasteiger charge is -2.18. The van der Waals surface area contributed by atoms with E-state index in [9.17, 15) is 0 Å². The van der Waals surface area contributed by atoms with Crippen molar-refractivity contribution < 1.29 is 4.74 Å². The Labute approximate surface area is 112 Å². The predicted molar refractivity (Wildman–Crippen MR) is 69.1 cm³/mol. The van der Waals surface area contributed by atoms with Gasteiger partial charge in [0, 0.05) is 17.4 Å². The Morgan fingerprint density at radius 2 is 2.40 bits per heavy atom. The first-order valence-corrected chi connectivity index (χ1v) is 7.22. The summed E-state index contributed by atoms with van der Waals surface area (Å²) in [5.74, 6) is 0.397. The van der Waals surface area contributed by atoms with E-state index in [2.05, 4.69) is 22.9 Å². The molecule has 2 heterocycles. The summed E-state index contributed by atoms with van der Waals surface area (Å²) >= 11 is 17.4. The van der Waals surface area contributed by atoms with E-state index in [1.807, 2.05) is 6.07 Å². The Hall–Kier alpha value is 0.720. The van der Waals surface area contributed by atoms with Gasteiger partial charge in [0.25, 0.3) is 0 Å². The lowest BCUT2D eigenvalue weighted by molar-refractivity contribution is 0.105. The van der Waals surface area contributed by atoms with Crippen LogP contribution in [0.1, 0.15) is 23.6 Å². The zero-order valence-corrected chi connectivity index (χ0v) is 12.1. The highest BCUT2D eigenvalue weighted by Crippen LogP contribution is 2.44. The van der Waals surface area contributed by atoms with Crippen molar-refractivity contribution in [3.05, 3.63) is 19.8 Å². The lowest BCUT2D eigenvalue weighted by Crippen LogP contribution is -2.15. The molecule has 1 aliphatic heterocycles. The second kappa shape index (κ2) is 4.92. The van der Waals surface area contributed by atoms with Gasteiger partial charge in [-0.2, -0.15) is 0 Å². The largest absolute Gasteiger partial charge is 0.378 e. The van der Waals surface area contributed by atoms with Crippen molar-refractivity contribution in [2.24, 2.45) is 5.92 Å². The van der Waals surface area contributed by atoms with Gasteiger partial charge in [0.05, 0.1) is 20.3 Å². The zero-order valence-electron chi connectivity index (χ0n) is 8.17. The van der Waals surface area contributed by atoms with Crippen LogP contribution in [-0.4, -0.2) is 12.7 Å². The van der Waals surface area contributed by atoms with Gasteiger partial charge >= 0.3 is 0 Å². The number of halogens is 3. The van der Waals surface area contributed by atoms with E-state index in [0.29, 0.717) is 5.92 Å². The fourth-order valence-electron chi connectivity index (χ4n) is 1.84. The topological polar surface area (TPSA) is 9.23 Å². The standard InChI is InChI=1S/C10H11BrCl2OS/c1-5-6(2-3-14-5)9(13)8-4-7(12)10(11)15-8/h4-6,9H,2-3H2,1H3. The summed E-state index contributed by atoms with van der Waals surface area (Å²) < 4.78 is 6.48. The van der Waals surface area contributed by atoms with E-state index in [1.165, 1.54) is 0 Å². The number of ether oxygens (including phenoxy) is 1. The van der Waals surface area contributed by atoms with Crippen molar-refractivity contribution in [2.45, 2.75) is 24.8 Å². The van der Waals surface area contributed by atoms with Crippen LogP contribution in [0, 0.1) is 5.92 Å². The van der Waals surface area contributed by atoms with Crippen LogP contribution in [0.3, 0.4) is 0 Å². The Balaban J connectivity index is 2.16. The monoisotopic (exact) mass is 328 g/mol. The fourth-order valence-corrected chi connectivity index (χ4v) is 4.17. The third-order valence-corrected chi connectivity index (χ3v) is 5.99. The van der Waals surface area contributed by atoms with Gasteiger partial charge in [0.2, 0.25) is 0 Å². The molecule has 5 heteroatoms. The van der Waals surface area contributed by atoms with Gasteiger partial charge in [-0.1, -0.05) is 11.6 Å². The first-order valence-electron chi connectivity index (χ1n) is 4.80. The highest BCUT2D eigenvalue weighted by atomic mass is 79.9. The molecule has 15 heavy (non-hydrogen) atoms. The lowest BCUT2D eigenvalue weighted by atomic mass is 9.97. The summed E-state index contributed by atoms with van der Waals surface area (Å²) in [5, 5.41) is 0.753. The molecule has 1 aromatic heterocycles.